The molecule has 0 aromatic rings. The Bertz CT molecular complexity index is 159. The van der Waals surface area contributed by atoms with E-state index in [0.29, 0.717) is 6.04 Å². The molecule has 0 radical (unpaired) electrons. The van der Waals surface area contributed by atoms with Crippen molar-refractivity contribution in [3.63, 3.8) is 0 Å². The molecule has 0 spiro atoms. The third-order valence-electron chi connectivity index (χ3n) is 1.92. The van der Waals surface area contributed by atoms with Crippen LogP contribution in [0.5, 0.6) is 0 Å². The number of carboxylic acid groups (broad SMARTS) is 1. The van der Waals surface area contributed by atoms with Gasteiger partial charge < -0.3 is 10.4 Å². The van der Waals surface area contributed by atoms with Crippen molar-refractivity contribution in [2.75, 3.05) is 12.0 Å². The quantitative estimate of drug-likeness (QED) is 0.653. The topological polar surface area (TPSA) is 49.3 Å². The Morgan fingerprint density at radius 3 is 2.83 bits per heavy atom. The first-order valence-electron chi connectivity index (χ1n) is 4.22. The van der Waals surface area contributed by atoms with Gasteiger partial charge in [-0.25, -0.2) is 0 Å². The summed E-state index contributed by atoms with van der Waals surface area (Å²) in [5.74, 6) is 0.201. The number of hydrogen-bond acceptors (Lipinski definition) is 3. The molecule has 1 fully saturated rings. The molecule has 0 aromatic heterocycles. The van der Waals surface area contributed by atoms with Crippen molar-refractivity contribution in [1.29, 1.82) is 0 Å². The molecule has 0 saturated heterocycles. The van der Waals surface area contributed by atoms with Gasteiger partial charge in [0, 0.05) is 6.04 Å². The fraction of sp³-hybridized carbons (Fsp3) is 0.875. The van der Waals surface area contributed by atoms with Crippen molar-refractivity contribution in [3.05, 3.63) is 0 Å². The SMILES string of the molecule is CSCCC(NC1CC1)C(=O)O. The van der Waals surface area contributed by atoms with E-state index < -0.39 is 5.97 Å². The van der Waals surface area contributed by atoms with Crippen LogP contribution in [0, 0.1) is 0 Å². The lowest BCUT2D eigenvalue weighted by atomic mass is 10.2. The van der Waals surface area contributed by atoms with Crippen LogP contribution in [0.3, 0.4) is 0 Å². The van der Waals surface area contributed by atoms with Gasteiger partial charge in [-0.05, 0) is 31.3 Å². The van der Waals surface area contributed by atoms with Gasteiger partial charge in [0.05, 0.1) is 0 Å². The fourth-order valence-corrected chi connectivity index (χ4v) is 1.52. The molecule has 1 rings (SSSR count). The summed E-state index contributed by atoms with van der Waals surface area (Å²) >= 11 is 1.69. The molecule has 70 valence electrons. The first-order chi connectivity index (χ1) is 5.74. The van der Waals surface area contributed by atoms with E-state index in [2.05, 4.69) is 5.32 Å². The first-order valence-corrected chi connectivity index (χ1v) is 5.61. The molecular formula is C8H15NO2S. The Morgan fingerprint density at radius 2 is 2.42 bits per heavy atom. The van der Waals surface area contributed by atoms with Crippen molar-refractivity contribution in [2.24, 2.45) is 0 Å². The molecule has 1 saturated carbocycles. The number of hydrogen-bond donors (Lipinski definition) is 2. The minimum atomic E-state index is -0.712. The number of nitrogens with one attached hydrogen (secondary N) is 1. The van der Waals surface area contributed by atoms with Gasteiger partial charge in [-0.15, -0.1) is 0 Å². The molecule has 0 amide bonds. The molecular weight excluding hydrogens is 174 g/mol. The molecule has 0 bridgehead atoms. The van der Waals surface area contributed by atoms with Crippen LogP contribution in [0.25, 0.3) is 0 Å². The van der Waals surface area contributed by atoms with Gasteiger partial charge in [-0.2, -0.15) is 11.8 Å². The molecule has 1 atom stereocenters. The highest BCUT2D eigenvalue weighted by molar-refractivity contribution is 7.98. The van der Waals surface area contributed by atoms with Crippen LogP contribution < -0.4 is 5.32 Å². The Labute approximate surface area is 76.9 Å². The van der Waals surface area contributed by atoms with E-state index in [1.54, 1.807) is 11.8 Å². The van der Waals surface area contributed by atoms with Gasteiger partial charge in [-0.3, -0.25) is 4.79 Å². The van der Waals surface area contributed by atoms with E-state index in [4.69, 9.17) is 5.11 Å². The van der Waals surface area contributed by atoms with Crippen molar-refractivity contribution in [2.45, 2.75) is 31.3 Å². The van der Waals surface area contributed by atoms with E-state index in [9.17, 15) is 4.79 Å². The van der Waals surface area contributed by atoms with Gasteiger partial charge in [0.15, 0.2) is 0 Å². The second-order valence-electron chi connectivity index (χ2n) is 3.11. The van der Waals surface area contributed by atoms with Crippen molar-refractivity contribution in [1.82, 2.24) is 5.32 Å². The summed E-state index contributed by atoms with van der Waals surface area (Å²) in [7, 11) is 0. The van der Waals surface area contributed by atoms with Crippen LogP contribution in [0.2, 0.25) is 0 Å². The van der Waals surface area contributed by atoms with E-state index in [0.717, 1.165) is 25.0 Å². The molecule has 0 heterocycles. The molecule has 2 N–H and O–H groups in total. The molecule has 1 aliphatic rings. The average Bonchev–Trinajstić information content (AvgIpc) is 2.80. The summed E-state index contributed by atoms with van der Waals surface area (Å²) in [4.78, 5) is 10.7. The smallest absolute Gasteiger partial charge is 0.320 e. The fourth-order valence-electron chi connectivity index (χ4n) is 1.05. The minimum Gasteiger partial charge on any atom is -0.480 e. The summed E-state index contributed by atoms with van der Waals surface area (Å²) in [6.07, 6.45) is 5.01. The monoisotopic (exact) mass is 189 g/mol. The van der Waals surface area contributed by atoms with Crippen LogP contribution in [0.1, 0.15) is 19.3 Å². The van der Waals surface area contributed by atoms with Crippen molar-refractivity contribution in [3.8, 4) is 0 Å². The zero-order valence-electron chi connectivity index (χ0n) is 7.25. The normalized spacial score (nSPS) is 19.1. The van der Waals surface area contributed by atoms with E-state index in [-0.39, 0.29) is 6.04 Å². The summed E-state index contributed by atoms with van der Waals surface area (Å²) in [6, 6.07) is 0.151. The number of rotatable bonds is 6. The largest absolute Gasteiger partial charge is 0.480 e. The molecule has 12 heavy (non-hydrogen) atoms. The minimum absolute atomic E-state index is 0.329. The molecule has 1 aliphatic carbocycles. The summed E-state index contributed by atoms with van der Waals surface area (Å²) < 4.78 is 0. The van der Waals surface area contributed by atoms with E-state index in [1.807, 2.05) is 6.26 Å². The third-order valence-corrected chi connectivity index (χ3v) is 2.57. The lowest BCUT2D eigenvalue weighted by Crippen LogP contribution is -2.38. The molecule has 4 heteroatoms. The van der Waals surface area contributed by atoms with E-state index in [1.165, 1.54) is 0 Å². The van der Waals surface area contributed by atoms with Gasteiger partial charge in [0.25, 0.3) is 0 Å². The maximum Gasteiger partial charge on any atom is 0.320 e. The summed E-state index contributed by atoms with van der Waals surface area (Å²) in [6.45, 7) is 0. The third kappa shape index (κ3) is 3.45. The standard InChI is InChI=1S/C8H15NO2S/c1-12-5-4-7(8(10)11)9-6-2-3-6/h6-7,9H,2-5H2,1H3,(H,10,11). The highest BCUT2D eigenvalue weighted by Gasteiger charge is 2.27. The molecule has 0 aliphatic heterocycles. The molecule has 0 aromatic carbocycles. The lowest BCUT2D eigenvalue weighted by Gasteiger charge is -2.12. The highest BCUT2D eigenvalue weighted by atomic mass is 32.2. The Morgan fingerprint density at radius 1 is 1.75 bits per heavy atom. The van der Waals surface area contributed by atoms with Crippen molar-refractivity contribution >= 4 is 17.7 Å². The highest BCUT2D eigenvalue weighted by Crippen LogP contribution is 2.20. The van der Waals surface area contributed by atoms with E-state index >= 15 is 0 Å². The maximum atomic E-state index is 10.7. The lowest BCUT2D eigenvalue weighted by molar-refractivity contribution is -0.139. The van der Waals surface area contributed by atoms with Gasteiger partial charge in [-0.1, -0.05) is 0 Å². The zero-order chi connectivity index (χ0) is 8.97. The predicted molar refractivity (Wildman–Crippen MR) is 50.6 cm³/mol. The number of thioether (sulfide) groups is 1. The van der Waals surface area contributed by atoms with Gasteiger partial charge in [0.2, 0.25) is 0 Å². The first kappa shape index (κ1) is 9.86. The second-order valence-corrected chi connectivity index (χ2v) is 4.10. The van der Waals surface area contributed by atoms with Crippen LogP contribution in [0.15, 0.2) is 0 Å². The summed E-state index contributed by atoms with van der Waals surface area (Å²) in [5.41, 5.74) is 0. The Kier molecular flexibility index (Phi) is 3.88. The van der Waals surface area contributed by atoms with Crippen LogP contribution in [0.4, 0.5) is 0 Å². The van der Waals surface area contributed by atoms with Gasteiger partial charge in [0.1, 0.15) is 6.04 Å². The Hall–Kier alpha value is -0.220. The number of carbonyl (C=O) groups is 1. The molecule has 1 unspecified atom stereocenters. The van der Waals surface area contributed by atoms with Crippen molar-refractivity contribution < 1.29 is 9.90 Å². The van der Waals surface area contributed by atoms with Crippen LogP contribution in [-0.4, -0.2) is 35.2 Å². The maximum absolute atomic E-state index is 10.7. The van der Waals surface area contributed by atoms with Crippen LogP contribution in [-0.2, 0) is 4.79 Å². The zero-order valence-corrected chi connectivity index (χ0v) is 8.06. The average molecular weight is 189 g/mol. The van der Waals surface area contributed by atoms with Gasteiger partial charge >= 0.3 is 5.97 Å². The predicted octanol–water partition coefficient (Wildman–Crippen LogP) is 0.945. The number of aliphatic carboxylic acids is 1. The molecule has 3 nitrogen and oxygen atoms in total. The summed E-state index contributed by atoms with van der Waals surface area (Å²) in [5, 5.41) is 11.9. The Balaban J connectivity index is 2.21. The van der Waals surface area contributed by atoms with Crippen LogP contribution >= 0.6 is 11.8 Å². The number of carboxylic acids is 1. The second kappa shape index (κ2) is 4.72.